The standard InChI is InChI=1S/C19H27N5O2S/c1-19(2,26)11-24-15(10-25)23-16-17(24)13-7-6-12(5-4-8-21-27-3)9-14(13)22-18(16)20/h6-7,9,21,25-26H,4-5,8,10-11H2,1-3H3,(H2,20,22). The molecule has 0 aliphatic heterocycles. The highest BCUT2D eigenvalue weighted by Gasteiger charge is 2.22. The number of nitrogens with two attached hydrogens (primary N) is 1. The molecule has 0 radical (unpaired) electrons. The summed E-state index contributed by atoms with van der Waals surface area (Å²) in [6.07, 6.45) is 4.01. The van der Waals surface area contributed by atoms with Gasteiger partial charge in [-0.1, -0.05) is 24.1 Å². The van der Waals surface area contributed by atoms with Crippen molar-refractivity contribution in [3.05, 3.63) is 29.6 Å². The molecule has 8 heteroatoms. The molecule has 2 heterocycles. The molecule has 0 aliphatic carbocycles. The van der Waals surface area contributed by atoms with Crippen LogP contribution in [-0.2, 0) is 19.6 Å². The second kappa shape index (κ2) is 8.02. The SMILES string of the molecule is CSNCCCc1ccc2c(c1)nc(N)c1nc(CO)n(CC(C)(C)O)c12. The molecule has 7 nitrogen and oxygen atoms in total. The van der Waals surface area contributed by atoms with E-state index in [1.807, 2.05) is 16.9 Å². The van der Waals surface area contributed by atoms with E-state index in [0.717, 1.165) is 35.8 Å². The van der Waals surface area contributed by atoms with Crippen molar-refractivity contribution >= 4 is 39.7 Å². The smallest absolute Gasteiger partial charge is 0.152 e. The molecule has 0 spiro atoms. The molecule has 146 valence electrons. The number of fused-ring (bicyclic) bond motifs is 3. The topological polar surface area (TPSA) is 109 Å². The van der Waals surface area contributed by atoms with Gasteiger partial charge in [-0.15, -0.1) is 0 Å². The largest absolute Gasteiger partial charge is 0.389 e. The number of nitrogens with one attached hydrogen (secondary N) is 1. The van der Waals surface area contributed by atoms with E-state index in [1.165, 1.54) is 5.56 Å². The van der Waals surface area contributed by atoms with Gasteiger partial charge in [0.05, 0.1) is 23.2 Å². The Labute approximate surface area is 163 Å². The molecule has 0 unspecified atom stereocenters. The Bertz CT molecular complexity index is 949. The number of hydrogen-bond acceptors (Lipinski definition) is 7. The number of aliphatic hydroxyl groups is 2. The zero-order valence-electron chi connectivity index (χ0n) is 16.0. The number of aryl methyl sites for hydroxylation is 1. The highest BCUT2D eigenvalue weighted by atomic mass is 32.2. The summed E-state index contributed by atoms with van der Waals surface area (Å²) in [6, 6.07) is 6.19. The Balaban J connectivity index is 2.10. The maximum Gasteiger partial charge on any atom is 0.152 e. The molecule has 0 saturated carbocycles. The molecule has 0 saturated heterocycles. The third kappa shape index (κ3) is 4.35. The van der Waals surface area contributed by atoms with Crippen LogP contribution in [0.2, 0.25) is 0 Å². The Morgan fingerprint density at radius 2 is 2.07 bits per heavy atom. The molecule has 3 rings (SSSR count). The van der Waals surface area contributed by atoms with E-state index in [1.54, 1.807) is 25.8 Å². The van der Waals surface area contributed by atoms with E-state index in [9.17, 15) is 10.2 Å². The number of pyridine rings is 1. The Morgan fingerprint density at radius 3 is 2.74 bits per heavy atom. The first kappa shape index (κ1) is 19.9. The number of anilines is 1. The fraction of sp³-hybridized carbons (Fsp3) is 0.474. The summed E-state index contributed by atoms with van der Waals surface area (Å²) in [5, 5.41) is 21.0. The lowest BCUT2D eigenvalue weighted by Gasteiger charge is -2.20. The molecule has 27 heavy (non-hydrogen) atoms. The Hall–Kier alpha value is -1.87. The van der Waals surface area contributed by atoms with Gasteiger partial charge in [0.25, 0.3) is 0 Å². The number of rotatable bonds is 8. The molecule has 3 aromatic rings. The van der Waals surface area contributed by atoms with Crippen molar-refractivity contribution in [1.29, 1.82) is 0 Å². The van der Waals surface area contributed by atoms with Gasteiger partial charge in [0.15, 0.2) is 5.82 Å². The summed E-state index contributed by atoms with van der Waals surface area (Å²) in [6.45, 7) is 4.49. The van der Waals surface area contributed by atoms with Crippen LogP contribution >= 0.6 is 11.9 Å². The first-order valence-electron chi connectivity index (χ1n) is 9.00. The van der Waals surface area contributed by atoms with Crippen LogP contribution in [0.3, 0.4) is 0 Å². The molecule has 0 amide bonds. The normalized spacial score (nSPS) is 12.3. The molecule has 1 aromatic carbocycles. The van der Waals surface area contributed by atoms with E-state index in [4.69, 9.17) is 5.73 Å². The van der Waals surface area contributed by atoms with Gasteiger partial charge in [-0.3, -0.25) is 4.72 Å². The van der Waals surface area contributed by atoms with Crippen molar-refractivity contribution < 1.29 is 10.2 Å². The molecule has 5 N–H and O–H groups in total. The highest BCUT2D eigenvalue weighted by molar-refractivity contribution is 7.96. The van der Waals surface area contributed by atoms with Crippen molar-refractivity contribution in [3.8, 4) is 0 Å². The van der Waals surface area contributed by atoms with E-state index in [2.05, 4.69) is 26.8 Å². The summed E-state index contributed by atoms with van der Waals surface area (Å²) in [4.78, 5) is 8.99. The summed E-state index contributed by atoms with van der Waals surface area (Å²) < 4.78 is 5.09. The maximum atomic E-state index is 10.3. The van der Waals surface area contributed by atoms with E-state index >= 15 is 0 Å². The van der Waals surface area contributed by atoms with Crippen LogP contribution in [0.25, 0.3) is 21.9 Å². The number of aromatic nitrogens is 3. The second-order valence-electron chi connectivity index (χ2n) is 7.33. The molecule has 2 aromatic heterocycles. The number of nitrogen functional groups attached to an aromatic ring is 1. The second-order valence-corrected chi connectivity index (χ2v) is 8.03. The van der Waals surface area contributed by atoms with Gasteiger partial charge < -0.3 is 20.5 Å². The fourth-order valence-corrected chi connectivity index (χ4v) is 3.65. The van der Waals surface area contributed by atoms with Gasteiger partial charge in [-0.2, -0.15) is 0 Å². The van der Waals surface area contributed by atoms with Gasteiger partial charge in [0, 0.05) is 11.9 Å². The van der Waals surface area contributed by atoms with E-state index < -0.39 is 5.60 Å². The minimum atomic E-state index is -0.952. The maximum absolute atomic E-state index is 10.3. The van der Waals surface area contributed by atoms with Crippen molar-refractivity contribution in [1.82, 2.24) is 19.3 Å². The molecule has 0 fully saturated rings. The summed E-state index contributed by atoms with van der Waals surface area (Å²) in [5.74, 6) is 0.809. The predicted octanol–water partition coefficient (Wildman–Crippen LogP) is 2.23. The number of hydrogen-bond donors (Lipinski definition) is 4. The van der Waals surface area contributed by atoms with Crippen LogP contribution in [0.15, 0.2) is 18.2 Å². The first-order chi connectivity index (χ1) is 12.8. The number of benzene rings is 1. The summed E-state index contributed by atoms with van der Waals surface area (Å²) >= 11 is 1.62. The minimum Gasteiger partial charge on any atom is -0.389 e. The number of aliphatic hydroxyl groups excluding tert-OH is 1. The first-order valence-corrected chi connectivity index (χ1v) is 10.2. The van der Waals surface area contributed by atoms with Crippen molar-refractivity contribution in [3.63, 3.8) is 0 Å². The highest BCUT2D eigenvalue weighted by Crippen LogP contribution is 2.30. The Kier molecular flexibility index (Phi) is 5.90. The fourth-order valence-electron chi connectivity index (χ4n) is 3.30. The van der Waals surface area contributed by atoms with Gasteiger partial charge in [0.1, 0.15) is 17.9 Å². The van der Waals surface area contributed by atoms with E-state index in [0.29, 0.717) is 23.7 Å². The lowest BCUT2D eigenvalue weighted by atomic mass is 10.1. The van der Waals surface area contributed by atoms with Crippen molar-refractivity contribution in [2.45, 2.75) is 45.4 Å². The van der Waals surface area contributed by atoms with Crippen LogP contribution < -0.4 is 10.5 Å². The zero-order valence-corrected chi connectivity index (χ0v) is 16.8. The molecule has 0 bridgehead atoms. The van der Waals surface area contributed by atoms with Crippen molar-refractivity contribution in [2.24, 2.45) is 0 Å². The molecular weight excluding hydrogens is 362 g/mol. The van der Waals surface area contributed by atoms with Gasteiger partial charge >= 0.3 is 0 Å². The van der Waals surface area contributed by atoms with Crippen molar-refractivity contribution in [2.75, 3.05) is 18.5 Å². The minimum absolute atomic E-state index is 0.230. The van der Waals surface area contributed by atoms with Crippen LogP contribution in [0.1, 0.15) is 31.7 Å². The Morgan fingerprint density at radius 1 is 1.30 bits per heavy atom. The monoisotopic (exact) mass is 389 g/mol. The average molecular weight is 390 g/mol. The molecule has 0 aliphatic rings. The number of imidazole rings is 1. The predicted molar refractivity (Wildman–Crippen MR) is 112 cm³/mol. The van der Waals surface area contributed by atoms with Gasteiger partial charge in [-0.25, -0.2) is 9.97 Å². The lowest BCUT2D eigenvalue weighted by Crippen LogP contribution is -2.27. The third-order valence-corrected chi connectivity index (χ3v) is 4.92. The van der Waals surface area contributed by atoms with Gasteiger partial charge in [-0.05, 0) is 44.6 Å². The lowest BCUT2D eigenvalue weighted by molar-refractivity contribution is 0.0607. The van der Waals surface area contributed by atoms with Gasteiger partial charge in [0.2, 0.25) is 0 Å². The number of nitrogens with zero attached hydrogens (tertiary/aromatic N) is 3. The van der Waals surface area contributed by atoms with Crippen LogP contribution in [-0.4, -0.2) is 43.1 Å². The van der Waals surface area contributed by atoms with E-state index in [-0.39, 0.29) is 6.61 Å². The summed E-state index contributed by atoms with van der Waals surface area (Å²) in [5.41, 5.74) is 8.59. The molecular formula is C19H27N5O2S. The third-order valence-electron chi connectivity index (χ3n) is 4.42. The van der Waals surface area contributed by atoms with Crippen LogP contribution in [0, 0.1) is 0 Å². The average Bonchev–Trinajstić information content (AvgIpc) is 2.96. The van der Waals surface area contributed by atoms with Crippen LogP contribution in [0.5, 0.6) is 0 Å². The quantitative estimate of drug-likeness (QED) is 0.345. The molecule has 0 atom stereocenters. The van der Waals surface area contributed by atoms with Crippen LogP contribution in [0.4, 0.5) is 5.82 Å². The zero-order chi connectivity index (χ0) is 19.6. The summed E-state index contributed by atoms with van der Waals surface area (Å²) in [7, 11) is 0.